The van der Waals surface area contributed by atoms with Gasteiger partial charge in [0.1, 0.15) is 17.4 Å². The number of nitrogens with zero attached hydrogens (tertiary/aromatic N) is 3. The number of aromatic nitrogens is 3. The van der Waals surface area contributed by atoms with E-state index in [9.17, 15) is 14.3 Å². The third-order valence-corrected chi connectivity index (χ3v) is 4.66. The molecule has 0 bridgehead atoms. The number of amides is 1. The largest absolute Gasteiger partial charge is 0.497 e. The molecule has 1 atom stereocenters. The van der Waals surface area contributed by atoms with Crippen molar-refractivity contribution in [3.8, 4) is 5.75 Å². The molecule has 0 radical (unpaired) electrons. The highest BCUT2D eigenvalue weighted by Gasteiger charge is 2.42. The van der Waals surface area contributed by atoms with Gasteiger partial charge in [-0.2, -0.15) is 5.10 Å². The highest BCUT2D eigenvalue weighted by Crippen LogP contribution is 2.25. The van der Waals surface area contributed by atoms with Crippen molar-refractivity contribution < 1.29 is 19.0 Å². The number of benzene rings is 1. The number of piperidine rings is 1. The van der Waals surface area contributed by atoms with Crippen LogP contribution in [0.2, 0.25) is 0 Å². The molecular weight excluding hydrogens is 353 g/mol. The number of aryl methyl sites for hydroxylation is 1. The Kier molecular flexibility index (Phi) is 5.71. The van der Waals surface area contributed by atoms with E-state index in [0.717, 1.165) is 0 Å². The standard InChI is InChI=1S/C18H24FN5O3/c1-12-21-16(23-22-12)9-20-11-18(26)6-3-7-24(17(18)25)10-13-8-14(27-2)4-5-15(13)19/h4-5,8,20,26H,3,6-7,9-11H2,1-2H3,(H,21,22,23). The number of rotatable bonds is 7. The number of nitrogens with one attached hydrogen (secondary N) is 2. The fourth-order valence-electron chi connectivity index (χ4n) is 3.23. The number of aromatic amines is 1. The Morgan fingerprint density at radius 3 is 3.00 bits per heavy atom. The first-order valence-electron chi connectivity index (χ1n) is 8.84. The normalized spacial score (nSPS) is 20.1. The van der Waals surface area contributed by atoms with Crippen molar-refractivity contribution >= 4 is 5.91 Å². The van der Waals surface area contributed by atoms with Gasteiger partial charge < -0.3 is 20.1 Å². The number of halogens is 1. The van der Waals surface area contributed by atoms with Gasteiger partial charge in [0.25, 0.3) is 5.91 Å². The smallest absolute Gasteiger partial charge is 0.256 e. The molecule has 1 aromatic carbocycles. The highest BCUT2D eigenvalue weighted by molar-refractivity contribution is 5.86. The average Bonchev–Trinajstić information content (AvgIpc) is 3.06. The fraction of sp³-hybridized carbons (Fsp3) is 0.500. The Morgan fingerprint density at radius 2 is 2.30 bits per heavy atom. The Hall–Kier alpha value is -2.52. The van der Waals surface area contributed by atoms with Crippen LogP contribution in [0.1, 0.15) is 30.1 Å². The Labute approximate surface area is 156 Å². The van der Waals surface area contributed by atoms with E-state index in [4.69, 9.17) is 4.74 Å². The minimum atomic E-state index is -1.53. The van der Waals surface area contributed by atoms with Crippen LogP contribution in [0, 0.1) is 12.7 Å². The van der Waals surface area contributed by atoms with Crippen LogP contribution >= 0.6 is 0 Å². The zero-order valence-corrected chi connectivity index (χ0v) is 15.5. The second-order valence-electron chi connectivity index (χ2n) is 6.76. The predicted octanol–water partition coefficient (Wildman–Crippen LogP) is 0.904. The number of likely N-dealkylation sites (tertiary alicyclic amines) is 1. The maximum atomic E-state index is 14.1. The molecule has 1 aromatic heterocycles. The molecule has 1 unspecified atom stereocenters. The molecule has 1 aliphatic rings. The first-order valence-corrected chi connectivity index (χ1v) is 8.84. The van der Waals surface area contributed by atoms with Crippen LogP contribution in [0.25, 0.3) is 0 Å². The van der Waals surface area contributed by atoms with Crippen LogP contribution in [0.4, 0.5) is 4.39 Å². The Bertz CT molecular complexity index is 812. The van der Waals surface area contributed by atoms with Crippen LogP contribution in [-0.4, -0.2) is 56.9 Å². The molecule has 1 aliphatic heterocycles. The molecule has 3 N–H and O–H groups in total. The summed E-state index contributed by atoms with van der Waals surface area (Å²) in [6.45, 7) is 2.77. The quantitative estimate of drug-likeness (QED) is 0.663. The van der Waals surface area contributed by atoms with E-state index in [1.54, 1.807) is 13.0 Å². The summed E-state index contributed by atoms with van der Waals surface area (Å²) in [4.78, 5) is 18.5. The van der Waals surface area contributed by atoms with E-state index >= 15 is 0 Å². The minimum absolute atomic E-state index is 0.0799. The predicted molar refractivity (Wildman–Crippen MR) is 95.4 cm³/mol. The second-order valence-corrected chi connectivity index (χ2v) is 6.76. The van der Waals surface area contributed by atoms with Crippen molar-refractivity contribution in [3.05, 3.63) is 41.2 Å². The summed E-state index contributed by atoms with van der Waals surface area (Å²) >= 11 is 0. The molecule has 0 aliphatic carbocycles. The van der Waals surface area contributed by atoms with Crippen molar-refractivity contribution in [3.63, 3.8) is 0 Å². The molecule has 2 heterocycles. The van der Waals surface area contributed by atoms with Gasteiger partial charge in [0.2, 0.25) is 0 Å². The lowest BCUT2D eigenvalue weighted by molar-refractivity contribution is -0.157. The van der Waals surface area contributed by atoms with E-state index in [1.807, 2.05) is 0 Å². The van der Waals surface area contributed by atoms with Crippen LogP contribution in [0.5, 0.6) is 5.75 Å². The first-order chi connectivity index (χ1) is 12.9. The molecule has 0 saturated carbocycles. The molecule has 1 saturated heterocycles. The Balaban J connectivity index is 1.63. The van der Waals surface area contributed by atoms with E-state index < -0.39 is 17.3 Å². The van der Waals surface area contributed by atoms with Crippen molar-refractivity contribution in [1.29, 1.82) is 0 Å². The molecule has 1 amide bonds. The van der Waals surface area contributed by atoms with Gasteiger partial charge >= 0.3 is 0 Å². The Morgan fingerprint density at radius 1 is 1.48 bits per heavy atom. The number of carbonyl (C=O) groups excluding carboxylic acids is 1. The number of hydrogen-bond donors (Lipinski definition) is 3. The molecule has 146 valence electrons. The summed E-state index contributed by atoms with van der Waals surface area (Å²) < 4.78 is 19.2. The van der Waals surface area contributed by atoms with Gasteiger partial charge in [0.05, 0.1) is 13.7 Å². The van der Waals surface area contributed by atoms with Gasteiger partial charge in [-0.1, -0.05) is 0 Å². The average molecular weight is 377 g/mol. The van der Waals surface area contributed by atoms with Crippen LogP contribution in [0.15, 0.2) is 18.2 Å². The van der Waals surface area contributed by atoms with Gasteiger partial charge in [0, 0.05) is 25.2 Å². The third-order valence-electron chi connectivity index (χ3n) is 4.66. The fourth-order valence-corrected chi connectivity index (χ4v) is 3.23. The number of ether oxygens (including phenoxy) is 1. The van der Waals surface area contributed by atoms with E-state index in [-0.39, 0.29) is 13.1 Å². The molecule has 2 aromatic rings. The molecule has 8 nitrogen and oxygen atoms in total. The van der Waals surface area contributed by atoms with Gasteiger partial charge in [-0.15, -0.1) is 0 Å². The summed E-state index contributed by atoms with van der Waals surface area (Å²) in [7, 11) is 1.50. The van der Waals surface area contributed by atoms with E-state index in [2.05, 4.69) is 20.5 Å². The maximum Gasteiger partial charge on any atom is 0.256 e. The molecule has 9 heteroatoms. The molecule has 1 fully saturated rings. The molecule has 27 heavy (non-hydrogen) atoms. The van der Waals surface area contributed by atoms with Crippen molar-refractivity contribution in [2.24, 2.45) is 0 Å². The van der Waals surface area contributed by atoms with Crippen molar-refractivity contribution in [1.82, 2.24) is 25.4 Å². The summed E-state index contributed by atoms with van der Waals surface area (Å²) in [6.07, 6.45) is 0.984. The first kappa shape index (κ1) is 19.2. The van der Waals surface area contributed by atoms with Gasteiger partial charge in [-0.3, -0.25) is 9.89 Å². The topological polar surface area (TPSA) is 103 Å². The summed E-state index contributed by atoms with van der Waals surface area (Å²) in [6, 6.07) is 4.41. The molecule has 3 rings (SSSR count). The lowest BCUT2D eigenvalue weighted by Gasteiger charge is -2.38. The van der Waals surface area contributed by atoms with Gasteiger partial charge in [-0.25, -0.2) is 9.37 Å². The minimum Gasteiger partial charge on any atom is -0.497 e. The van der Waals surface area contributed by atoms with Crippen molar-refractivity contribution in [2.75, 3.05) is 20.2 Å². The zero-order valence-electron chi connectivity index (χ0n) is 15.5. The van der Waals surface area contributed by atoms with Gasteiger partial charge in [-0.05, 0) is 38.0 Å². The van der Waals surface area contributed by atoms with E-state index in [0.29, 0.717) is 48.9 Å². The summed E-state index contributed by atoms with van der Waals surface area (Å²) in [5.41, 5.74) is -1.17. The number of hydrogen-bond acceptors (Lipinski definition) is 6. The van der Waals surface area contributed by atoms with Crippen LogP contribution in [0.3, 0.4) is 0 Å². The highest BCUT2D eigenvalue weighted by atomic mass is 19.1. The lowest BCUT2D eigenvalue weighted by Crippen LogP contribution is -2.57. The van der Waals surface area contributed by atoms with Crippen LogP contribution in [-0.2, 0) is 17.9 Å². The molecular formula is C18H24FN5O3. The number of carbonyl (C=O) groups is 1. The monoisotopic (exact) mass is 377 g/mol. The van der Waals surface area contributed by atoms with Crippen LogP contribution < -0.4 is 10.1 Å². The number of H-pyrrole nitrogens is 1. The van der Waals surface area contributed by atoms with E-state index in [1.165, 1.54) is 24.1 Å². The SMILES string of the molecule is COc1ccc(F)c(CN2CCCC(O)(CNCc3n[nH]c(C)n3)C2=O)c1. The zero-order chi connectivity index (χ0) is 19.4. The summed E-state index contributed by atoms with van der Waals surface area (Å²) in [5, 5.41) is 20.6. The van der Waals surface area contributed by atoms with Crippen molar-refractivity contribution in [2.45, 2.75) is 38.5 Å². The van der Waals surface area contributed by atoms with Gasteiger partial charge in [0.15, 0.2) is 11.4 Å². The third kappa shape index (κ3) is 4.42. The second kappa shape index (κ2) is 8.01. The maximum absolute atomic E-state index is 14.1. The summed E-state index contributed by atoms with van der Waals surface area (Å²) in [5.74, 6) is 0.973. The molecule has 0 spiro atoms. The lowest BCUT2D eigenvalue weighted by atomic mass is 9.91. The number of methoxy groups -OCH3 is 1. The number of aliphatic hydroxyl groups is 1.